The Kier molecular flexibility index (Phi) is 3.87. The number of nitrogens with zero attached hydrogens (tertiary/aromatic N) is 1. The summed E-state index contributed by atoms with van der Waals surface area (Å²) in [5.41, 5.74) is 1.75. The van der Waals surface area contributed by atoms with Crippen LogP contribution in [0.3, 0.4) is 0 Å². The van der Waals surface area contributed by atoms with Gasteiger partial charge in [0.2, 0.25) is 17.2 Å². The Morgan fingerprint density at radius 1 is 1.31 bits per heavy atom. The fourth-order valence-corrected chi connectivity index (χ4v) is 3.71. The lowest BCUT2D eigenvalue weighted by molar-refractivity contribution is -0.155. The molecule has 3 N–H and O–H groups in total. The summed E-state index contributed by atoms with van der Waals surface area (Å²) in [6.45, 7) is 0. The first-order valence-electron chi connectivity index (χ1n) is 8.12. The van der Waals surface area contributed by atoms with E-state index in [0.717, 1.165) is 11.1 Å². The highest BCUT2D eigenvalue weighted by Crippen LogP contribution is 2.37. The Labute approximate surface area is 145 Å². The van der Waals surface area contributed by atoms with Crippen molar-refractivity contribution in [2.24, 2.45) is 5.92 Å². The number of fused-ring (bicyclic) bond motifs is 4. The van der Waals surface area contributed by atoms with Crippen LogP contribution in [0.4, 0.5) is 19.0 Å². The fraction of sp³-hybridized carbons (Fsp3) is 0.438. The molecule has 2 aromatic heterocycles. The summed E-state index contributed by atoms with van der Waals surface area (Å²) in [4.78, 5) is 26.6. The number of piperidine rings is 1. The lowest BCUT2D eigenvalue weighted by atomic mass is 9.77. The van der Waals surface area contributed by atoms with Gasteiger partial charge in [-0.25, -0.2) is 0 Å². The number of H-pyrrole nitrogens is 1. The number of hydrogen-bond acceptors (Lipinski definition) is 5. The number of aromatic nitrogens is 2. The third-order valence-electron chi connectivity index (χ3n) is 4.83. The molecule has 3 atom stereocenters. The molecule has 26 heavy (non-hydrogen) atoms. The van der Waals surface area contributed by atoms with Crippen LogP contribution in [0, 0.1) is 5.92 Å². The van der Waals surface area contributed by atoms with E-state index in [1.54, 1.807) is 12.3 Å². The number of halogens is 3. The molecule has 0 radical (unpaired) electrons. The molecule has 4 heterocycles. The van der Waals surface area contributed by atoms with Crippen molar-refractivity contribution in [2.75, 3.05) is 5.32 Å². The van der Waals surface area contributed by atoms with E-state index >= 15 is 0 Å². The van der Waals surface area contributed by atoms with Crippen LogP contribution in [0.2, 0.25) is 0 Å². The first-order chi connectivity index (χ1) is 12.3. The van der Waals surface area contributed by atoms with E-state index in [2.05, 4.69) is 25.3 Å². The molecular weight excluding hydrogens is 353 g/mol. The van der Waals surface area contributed by atoms with Crippen LogP contribution >= 0.6 is 0 Å². The highest BCUT2D eigenvalue weighted by atomic mass is 19.4. The van der Waals surface area contributed by atoms with Gasteiger partial charge in [0.05, 0.1) is 0 Å². The van der Waals surface area contributed by atoms with Crippen molar-refractivity contribution in [1.82, 2.24) is 15.5 Å². The lowest BCUT2D eigenvalue weighted by Gasteiger charge is -2.40. The number of carbonyl (C=O) groups is 1. The topological polar surface area (TPSA) is 100 Å². The minimum absolute atomic E-state index is 0.0295. The van der Waals surface area contributed by atoms with Crippen LogP contribution in [0.25, 0.3) is 0 Å². The summed E-state index contributed by atoms with van der Waals surface area (Å²) >= 11 is 0. The van der Waals surface area contributed by atoms with Gasteiger partial charge in [0, 0.05) is 36.3 Å². The molecule has 10 heteroatoms. The first-order valence-corrected chi connectivity index (χ1v) is 8.12. The Bertz CT molecular complexity index is 905. The van der Waals surface area contributed by atoms with Crippen LogP contribution in [0.15, 0.2) is 27.6 Å². The van der Waals surface area contributed by atoms with Crippen LogP contribution < -0.4 is 16.2 Å². The van der Waals surface area contributed by atoms with Crippen LogP contribution in [-0.4, -0.2) is 22.1 Å². The number of aromatic amines is 1. The zero-order chi connectivity index (χ0) is 18.5. The minimum Gasteiger partial charge on any atom is -0.349 e. The minimum atomic E-state index is -4.65. The Hall–Kier alpha value is -2.62. The van der Waals surface area contributed by atoms with Crippen molar-refractivity contribution in [1.29, 1.82) is 0 Å². The van der Waals surface area contributed by atoms with Gasteiger partial charge >= 0.3 is 6.18 Å². The third kappa shape index (κ3) is 3.12. The Morgan fingerprint density at radius 3 is 2.85 bits per heavy atom. The maximum absolute atomic E-state index is 12.5. The molecule has 2 aliphatic heterocycles. The summed E-state index contributed by atoms with van der Waals surface area (Å²) < 4.78 is 41.8. The summed E-state index contributed by atoms with van der Waals surface area (Å²) in [7, 11) is 0. The van der Waals surface area contributed by atoms with Crippen molar-refractivity contribution < 1.29 is 22.5 Å². The summed E-state index contributed by atoms with van der Waals surface area (Å²) in [6, 6.07) is 2.18. The highest BCUT2D eigenvalue weighted by Gasteiger charge is 2.39. The molecule has 4 rings (SSSR count). The molecule has 0 aromatic carbocycles. The Balaban J connectivity index is 1.48. The molecule has 2 unspecified atom stereocenters. The average molecular weight is 368 g/mol. The second-order valence-electron chi connectivity index (χ2n) is 6.63. The van der Waals surface area contributed by atoms with Gasteiger partial charge in [-0.3, -0.25) is 9.59 Å². The molecule has 1 fully saturated rings. The van der Waals surface area contributed by atoms with Crippen molar-refractivity contribution >= 4 is 11.7 Å². The van der Waals surface area contributed by atoms with Gasteiger partial charge in [0.25, 0.3) is 0 Å². The van der Waals surface area contributed by atoms with E-state index in [9.17, 15) is 22.8 Å². The molecule has 0 aliphatic carbocycles. The van der Waals surface area contributed by atoms with E-state index in [4.69, 9.17) is 0 Å². The molecule has 0 saturated carbocycles. The van der Waals surface area contributed by atoms with Gasteiger partial charge in [-0.1, -0.05) is 5.16 Å². The average Bonchev–Trinajstić information content (AvgIpc) is 3.03. The monoisotopic (exact) mass is 368 g/mol. The number of anilines is 1. The number of carbonyl (C=O) groups excluding carboxylic acids is 1. The summed E-state index contributed by atoms with van der Waals surface area (Å²) in [6.07, 6.45) is -1.37. The normalized spacial score (nSPS) is 24.8. The number of alkyl halides is 3. The second-order valence-corrected chi connectivity index (χ2v) is 6.63. The zero-order valence-electron chi connectivity index (χ0n) is 13.4. The van der Waals surface area contributed by atoms with Crippen LogP contribution in [-0.2, 0) is 17.4 Å². The van der Waals surface area contributed by atoms with Gasteiger partial charge in [0.1, 0.15) is 0 Å². The number of hydrogen-bond donors (Lipinski definition) is 3. The number of rotatable bonds is 2. The molecule has 2 aromatic rings. The van der Waals surface area contributed by atoms with E-state index in [1.165, 1.54) is 0 Å². The second kappa shape index (κ2) is 5.97. The number of amides is 1. The third-order valence-corrected chi connectivity index (χ3v) is 4.83. The van der Waals surface area contributed by atoms with Gasteiger partial charge in [-0.05, 0) is 30.4 Å². The number of pyridine rings is 1. The lowest BCUT2D eigenvalue weighted by Crippen LogP contribution is -2.48. The molecule has 1 amide bonds. The molecule has 2 bridgehead atoms. The zero-order valence-corrected chi connectivity index (χ0v) is 13.4. The van der Waals surface area contributed by atoms with Gasteiger partial charge in [-0.15, -0.1) is 0 Å². The SMILES string of the molecule is O=C(Nc1cc(C(F)(F)F)on1)C1CC2N[C@H](Cc3cc(=O)[nH]cc32)C1. The Morgan fingerprint density at radius 2 is 2.12 bits per heavy atom. The van der Waals surface area contributed by atoms with E-state index in [1.807, 2.05) is 0 Å². The van der Waals surface area contributed by atoms with Gasteiger partial charge < -0.3 is 20.1 Å². The van der Waals surface area contributed by atoms with Crippen molar-refractivity contribution in [3.63, 3.8) is 0 Å². The van der Waals surface area contributed by atoms with Gasteiger partial charge in [-0.2, -0.15) is 13.2 Å². The van der Waals surface area contributed by atoms with Crippen molar-refractivity contribution in [3.05, 3.63) is 45.6 Å². The van der Waals surface area contributed by atoms with E-state index < -0.39 is 17.8 Å². The molecule has 7 nitrogen and oxygen atoms in total. The van der Waals surface area contributed by atoms with E-state index in [-0.39, 0.29) is 29.4 Å². The van der Waals surface area contributed by atoms with Crippen molar-refractivity contribution in [2.45, 2.75) is 37.5 Å². The van der Waals surface area contributed by atoms with Crippen LogP contribution in [0.1, 0.15) is 35.8 Å². The van der Waals surface area contributed by atoms with E-state index in [0.29, 0.717) is 25.3 Å². The quantitative estimate of drug-likeness (QED) is 0.753. The molecular formula is C16H15F3N4O3. The smallest absolute Gasteiger partial charge is 0.349 e. The predicted octanol–water partition coefficient (Wildman–Crippen LogP) is 1.99. The molecule has 138 valence electrons. The summed E-state index contributed by atoms with van der Waals surface area (Å²) in [5.74, 6) is -2.28. The summed E-state index contributed by atoms with van der Waals surface area (Å²) in [5, 5.41) is 9.07. The van der Waals surface area contributed by atoms with Crippen molar-refractivity contribution in [3.8, 4) is 0 Å². The van der Waals surface area contributed by atoms with Crippen LogP contribution in [0.5, 0.6) is 0 Å². The molecule has 0 spiro atoms. The molecule has 1 saturated heterocycles. The molecule has 2 aliphatic rings. The number of nitrogens with one attached hydrogen (secondary N) is 3. The van der Waals surface area contributed by atoms with Gasteiger partial charge in [0.15, 0.2) is 5.82 Å². The largest absolute Gasteiger partial charge is 0.452 e. The first kappa shape index (κ1) is 16.8. The maximum Gasteiger partial charge on any atom is 0.452 e. The maximum atomic E-state index is 12.5. The fourth-order valence-electron chi connectivity index (χ4n) is 3.71. The highest BCUT2D eigenvalue weighted by molar-refractivity contribution is 5.91. The standard InChI is InChI=1S/C16H15F3N4O3/c17-16(18,19)12-5-13(23-26-12)22-15(25)8-2-9-1-7-4-14(24)20-6-10(7)11(3-8)21-9/h4-6,8-9,11,21H,1-3H2,(H,20,24)(H,22,23,25)/t8?,9-,11?/m1/s1. The predicted molar refractivity (Wildman–Crippen MR) is 83.3 cm³/mol.